The molecule has 1 aliphatic heterocycles. The zero-order valence-electron chi connectivity index (χ0n) is 14.7. The SMILES string of the molecule is CCCCCc1cc(O)c2c(c1)SC(C)(C)CC2=NCC(C)S. The number of fused-ring (bicyclic) bond motifs is 1. The molecule has 0 bridgehead atoms. The third-order valence-corrected chi connectivity index (χ3v) is 5.43. The van der Waals surface area contributed by atoms with Crippen LogP contribution in [0.1, 0.15) is 64.5 Å². The molecule has 0 saturated heterocycles. The van der Waals surface area contributed by atoms with Crippen molar-refractivity contribution in [3.05, 3.63) is 23.3 Å². The van der Waals surface area contributed by atoms with Crippen LogP contribution in [0.5, 0.6) is 5.75 Å². The number of thioether (sulfide) groups is 1. The third kappa shape index (κ3) is 5.18. The van der Waals surface area contributed by atoms with Gasteiger partial charge in [-0.05, 0) is 44.4 Å². The quantitative estimate of drug-likeness (QED) is 0.523. The summed E-state index contributed by atoms with van der Waals surface area (Å²) in [4.78, 5) is 5.93. The number of phenols is 1. The van der Waals surface area contributed by atoms with Gasteiger partial charge in [0, 0.05) is 27.0 Å². The highest BCUT2D eigenvalue weighted by Crippen LogP contribution is 2.46. The Morgan fingerprint density at radius 2 is 2.09 bits per heavy atom. The normalized spacial score (nSPS) is 19.6. The Morgan fingerprint density at radius 1 is 1.35 bits per heavy atom. The van der Waals surface area contributed by atoms with Gasteiger partial charge in [0.1, 0.15) is 5.75 Å². The van der Waals surface area contributed by atoms with Gasteiger partial charge in [-0.15, -0.1) is 11.8 Å². The van der Waals surface area contributed by atoms with Crippen LogP contribution in [0.15, 0.2) is 22.0 Å². The lowest BCUT2D eigenvalue weighted by molar-refractivity contribution is 0.470. The number of unbranched alkanes of at least 4 members (excludes halogenated alkanes) is 2. The molecule has 1 unspecified atom stereocenters. The van der Waals surface area contributed by atoms with Crippen LogP contribution in [-0.4, -0.2) is 27.4 Å². The number of aromatic hydroxyl groups is 1. The van der Waals surface area contributed by atoms with Gasteiger partial charge in [0.25, 0.3) is 0 Å². The zero-order chi connectivity index (χ0) is 17.0. The molecule has 0 aliphatic carbocycles. The fourth-order valence-corrected chi connectivity index (χ4v) is 4.37. The number of hydrogen-bond acceptors (Lipinski definition) is 4. The highest BCUT2D eigenvalue weighted by Gasteiger charge is 2.32. The van der Waals surface area contributed by atoms with Crippen molar-refractivity contribution < 1.29 is 5.11 Å². The molecule has 128 valence electrons. The molecule has 0 spiro atoms. The van der Waals surface area contributed by atoms with Gasteiger partial charge in [0.2, 0.25) is 0 Å². The highest BCUT2D eigenvalue weighted by atomic mass is 32.2. The monoisotopic (exact) mass is 351 g/mol. The average molecular weight is 352 g/mol. The Morgan fingerprint density at radius 3 is 2.74 bits per heavy atom. The number of phenolic OH excluding ortho intramolecular Hbond substituents is 1. The van der Waals surface area contributed by atoms with E-state index < -0.39 is 0 Å². The number of hydrogen-bond donors (Lipinski definition) is 2. The smallest absolute Gasteiger partial charge is 0.126 e. The van der Waals surface area contributed by atoms with Crippen LogP contribution in [0.4, 0.5) is 0 Å². The first kappa shape index (κ1) is 18.7. The molecule has 0 aromatic heterocycles. The van der Waals surface area contributed by atoms with Gasteiger partial charge in [-0.25, -0.2) is 0 Å². The van der Waals surface area contributed by atoms with Crippen molar-refractivity contribution in [1.29, 1.82) is 0 Å². The number of aliphatic imine (C=N–C) groups is 1. The Kier molecular flexibility index (Phi) is 6.49. The van der Waals surface area contributed by atoms with E-state index in [1.807, 2.05) is 24.8 Å². The van der Waals surface area contributed by atoms with Crippen LogP contribution >= 0.6 is 24.4 Å². The van der Waals surface area contributed by atoms with E-state index in [1.54, 1.807) is 0 Å². The van der Waals surface area contributed by atoms with E-state index in [4.69, 9.17) is 4.99 Å². The lowest BCUT2D eigenvalue weighted by Gasteiger charge is -2.32. The first-order valence-electron chi connectivity index (χ1n) is 8.59. The van der Waals surface area contributed by atoms with Gasteiger partial charge in [0.05, 0.1) is 12.1 Å². The van der Waals surface area contributed by atoms with Gasteiger partial charge < -0.3 is 5.11 Å². The van der Waals surface area contributed by atoms with Crippen LogP contribution in [0.25, 0.3) is 0 Å². The summed E-state index contributed by atoms with van der Waals surface area (Å²) in [6.07, 6.45) is 5.56. The molecule has 0 saturated carbocycles. The second-order valence-corrected chi connectivity index (χ2v) is 9.75. The lowest BCUT2D eigenvalue weighted by atomic mass is 9.95. The van der Waals surface area contributed by atoms with Crippen molar-refractivity contribution in [2.75, 3.05) is 6.54 Å². The van der Waals surface area contributed by atoms with E-state index in [-0.39, 0.29) is 10.00 Å². The van der Waals surface area contributed by atoms with Crippen LogP contribution < -0.4 is 0 Å². The van der Waals surface area contributed by atoms with Crippen LogP contribution in [0, 0.1) is 0 Å². The number of benzene rings is 1. The molecule has 1 heterocycles. The maximum absolute atomic E-state index is 10.6. The van der Waals surface area contributed by atoms with Crippen molar-refractivity contribution in [2.24, 2.45) is 4.99 Å². The molecule has 1 atom stereocenters. The molecule has 4 heteroatoms. The Hall–Kier alpha value is -0.610. The van der Waals surface area contributed by atoms with Crippen LogP contribution in [0.2, 0.25) is 0 Å². The molecule has 23 heavy (non-hydrogen) atoms. The molecule has 2 nitrogen and oxygen atoms in total. The topological polar surface area (TPSA) is 32.6 Å². The Labute approximate surface area is 150 Å². The maximum atomic E-state index is 10.6. The molecule has 1 aromatic carbocycles. The van der Waals surface area contributed by atoms with E-state index in [9.17, 15) is 5.11 Å². The van der Waals surface area contributed by atoms with Gasteiger partial charge in [0.15, 0.2) is 0 Å². The van der Waals surface area contributed by atoms with Gasteiger partial charge >= 0.3 is 0 Å². The van der Waals surface area contributed by atoms with Crippen molar-refractivity contribution in [2.45, 2.75) is 74.7 Å². The molecule has 0 radical (unpaired) electrons. The minimum absolute atomic E-state index is 0.111. The second kappa shape index (κ2) is 7.98. The first-order valence-corrected chi connectivity index (χ1v) is 9.92. The summed E-state index contributed by atoms with van der Waals surface area (Å²) in [5.41, 5.74) is 3.21. The molecule has 0 amide bonds. The predicted molar refractivity (Wildman–Crippen MR) is 106 cm³/mol. The molecule has 1 aromatic rings. The standard InChI is InChI=1S/C19H29NOS2/c1-5-6-7-8-14-9-16(21)18-15(20-12-13(2)22)11-19(3,4)23-17(18)10-14/h9-10,13,21-22H,5-8,11-12H2,1-4H3. The summed E-state index contributed by atoms with van der Waals surface area (Å²) >= 11 is 6.29. The van der Waals surface area contributed by atoms with E-state index in [0.717, 1.165) is 24.1 Å². The van der Waals surface area contributed by atoms with Crippen molar-refractivity contribution in [3.8, 4) is 5.75 Å². The summed E-state index contributed by atoms with van der Waals surface area (Å²) in [6, 6.07) is 4.20. The molecule has 2 rings (SSSR count). The fraction of sp³-hybridized carbons (Fsp3) is 0.632. The summed E-state index contributed by atoms with van der Waals surface area (Å²) in [7, 11) is 0. The van der Waals surface area contributed by atoms with E-state index >= 15 is 0 Å². The maximum Gasteiger partial charge on any atom is 0.126 e. The van der Waals surface area contributed by atoms with Gasteiger partial charge in [-0.2, -0.15) is 12.6 Å². The second-order valence-electron chi connectivity index (χ2n) is 7.12. The third-order valence-electron chi connectivity index (χ3n) is 4.02. The summed E-state index contributed by atoms with van der Waals surface area (Å²) in [5.74, 6) is 0.391. The van der Waals surface area contributed by atoms with E-state index in [1.165, 1.54) is 29.7 Å². The lowest BCUT2D eigenvalue weighted by Crippen LogP contribution is -2.26. The fourth-order valence-electron chi connectivity index (χ4n) is 2.95. The summed E-state index contributed by atoms with van der Waals surface area (Å²) in [6.45, 7) is 9.46. The van der Waals surface area contributed by atoms with Crippen molar-refractivity contribution >= 4 is 30.1 Å². The van der Waals surface area contributed by atoms with E-state index in [2.05, 4.69) is 39.5 Å². The van der Waals surface area contributed by atoms with Crippen molar-refractivity contribution in [3.63, 3.8) is 0 Å². The zero-order valence-corrected chi connectivity index (χ0v) is 16.4. The predicted octanol–water partition coefficient (Wildman–Crippen LogP) is 5.51. The number of nitrogens with zero attached hydrogens (tertiary/aromatic N) is 1. The van der Waals surface area contributed by atoms with E-state index in [0.29, 0.717) is 12.3 Å². The average Bonchev–Trinajstić information content (AvgIpc) is 2.43. The molecular formula is C19H29NOS2. The molecule has 1 aliphatic rings. The Bertz CT molecular complexity index is 579. The highest BCUT2D eigenvalue weighted by molar-refractivity contribution is 8.00. The van der Waals surface area contributed by atoms with Crippen molar-refractivity contribution in [1.82, 2.24) is 0 Å². The van der Waals surface area contributed by atoms with Crippen LogP contribution in [0.3, 0.4) is 0 Å². The molecular weight excluding hydrogens is 322 g/mol. The summed E-state index contributed by atoms with van der Waals surface area (Å²) in [5, 5.41) is 10.8. The number of rotatable bonds is 6. The first-order chi connectivity index (χ1) is 10.8. The minimum Gasteiger partial charge on any atom is -0.507 e. The van der Waals surface area contributed by atoms with Gasteiger partial charge in [-0.3, -0.25) is 4.99 Å². The summed E-state index contributed by atoms with van der Waals surface area (Å²) < 4.78 is 0.111. The minimum atomic E-state index is 0.111. The van der Waals surface area contributed by atoms with Gasteiger partial charge in [-0.1, -0.05) is 26.7 Å². The van der Waals surface area contributed by atoms with Crippen LogP contribution in [-0.2, 0) is 6.42 Å². The number of thiol groups is 1. The molecule has 0 fully saturated rings. The number of aryl methyl sites for hydroxylation is 1. The Balaban J connectivity index is 2.35. The largest absolute Gasteiger partial charge is 0.507 e. The molecule has 1 N–H and O–H groups in total.